The van der Waals surface area contributed by atoms with Crippen LogP contribution in [-0.4, -0.2) is 30.0 Å². The van der Waals surface area contributed by atoms with E-state index < -0.39 is 0 Å². The Kier molecular flexibility index (Phi) is 3.67. The Morgan fingerprint density at radius 3 is 2.76 bits per heavy atom. The molecule has 2 rings (SSSR count). The number of nitrogens with two attached hydrogens (primary N) is 1. The van der Waals surface area contributed by atoms with Crippen LogP contribution in [0.4, 0.5) is 0 Å². The number of benzene rings is 1. The Bertz CT molecular complexity index is 386. The van der Waals surface area contributed by atoms with Gasteiger partial charge in [-0.3, -0.25) is 4.99 Å². The highest BCUT2D eigenvalue weighted by atomic mass is 15.3. The Balaban J connectivity index is 2.12. The van der Waals surface area contributed by atoms with Crippen LogP contribution in [0, 0.1) is 0 Å². The Hall–Kier alpha value is -1.51. The molecule has 2 unspecified atom stereocenters. The summed E-state index contributed by atoms with van der Waals surface area (Å²) in [5, 5.41) is 0. The maximum atomic E-state index is 5.95. The lowest BCUT2D eigenvalue weighted by atomic mass is 9.93. The highest BCUT2D eigenvalue weighted by Crippen LogP contribution is 2.26. The van der Waals surface area contributed by atoms with Gasteiger partial charge in [-0.25, -0.2) is 0 Å². The zero-order valence-corrected chi connectivity index (χ0v) is 10.6. The minimum absolute atomic E-state index is 0.414. The molecule has 92 valence electrons. The molecule has 0 bridgehead atoms. The first kappa shape index (κ1) is 12.0. The average molecular weight is 231 g/mol. The molecule has 1 aromatic rings. The number of guanidine groups is 1. The molecule has 0 aromatic heterocycles. The monoisotopic (exact) mass is 231 g/mol. The van der Waals surface area contributed by atoms with E-state index in [-0.39, 0.29) is 0 Å². The summed E-state index contributed by atoms with van der Waals surface area (Å²) in [5.41, 5.74) is 7.31. The fraction of sp³-hybridized carbons (Fsp3) is 0.500. The normalized spacial score (nSPS) is 21.4. The molecule has 1 aliphatic heterocycles. The van der Waals surface area contributed by atoms with Crippen LogP contribution >= 0.6 is 0 Å². The van der Waals surface area contributed by atoms with Gasteiger partial charge in [0.25, 0.3) is 0 Å². The average Bonchev–Trinajstić information content (AvgIpc) is 2.72. The largest absolute Gasteiger partial charge is 0.370 e. The van der Waals surface area contributed by atoms with E-state index in [0.29, 0.717) is 17.9 Å². The highest BCUT2D eigenvalue weighted by molar-refractivity contribution is 5.80. The van der Waals surface area contributed by atoms with E-state index in [2.05, 4.69) is 54.1 Å². The van der Waals surface area contributed by atoms with Crippen LogP contribution in [0.5, 0.6) is 0 Å². The van der Waals surface area contributed by atoms with Crippen molar-refractivity contribution in [3.63, 3.8) is 0 Å². The van der Waals surface area contributed by atoms with Crippen molar-refractivity contribution in [1.82, 2.24) is 4.90 Å². The van der Waals surface area contributed by atoms with Crippen molar-refractivity contribution < 1.29 is 0 Å². The van der Waals surface area contributed by atoms with Crippen molar-refractivity contribution in [2.45, 2.75) is 32.2 Å². The second kappa shape index (κ2) is 5.21. The van der Waals surface area contributed by atoms with Gasteiger partial charge in [0.05, 0.1) is 12.6 Å². The van der Waals surface area contributed by atoms with Crippen molar-refractivity contribution in [2.24, 2.45) is 10.7 Å². The molecule has 1 aliphatic rings. The molecule has 0 saturated heterocycles. The van der Waals surface area contributed by atoms with Crippen molar-refractivity contribution in [3.8, 4) is 0 Å². The molecule has 3 nitrogen and oxygen atoms in total. The van der Waals surface area contributed by atoms with E-state index in [0.717, 1.165) is 19.5 Å². The summed E-state index contributed by atoms with van der Waals surface area (Å²) in [6.07, 6.45) is 1.11. The molecule has 0 fully saturated rings. The fourth-order valence-corrected chi connectivity index (χ4v) is 2.47. The fourth-order valence-electron chi connectivity index (χ4n) is 2.47. The molecule has 0 aliphatic carbocycles. The SMILES string of the molecule is CCCN1C(N)=NCC1C(C)c1ccccc1. The first-order valence-electron chi connectivity index (χ1n) is 6.35. The second-order valence-electron chi connectivity index (χ2n) is 4.66. The van der Waals surface area contributed by atoms with Gasteiger partial charge in [-0.05, 0) is 12.0 Å². The van der Waals surface area contributed by atoms with Crippen molar-refractivity contribution in [2.75, 3.05) is 13.1 Å². The zero-order valence-electron chi connectivity index (χ0n) is 10.6. The van der Waals surface area contributed by atoms with Crippen LogP contribution in [0.15, 0.2) is 35.3 Å². The minimum atomic E-state index is 0.414. The summed E-state index contributed by atoms with van der Waals surface area (Å²) < 4.78 is 0. The molecule has 0 spiro atoms. The van der Waals surface area contributed by atoms with Crippen LogP contribution in [0.2, 0.25) is 0 Å². The topological polar surface area (TPSA) is 41.6 Å². The van der Waals surface area contributed by atoms with Gasteiger partial charge >= 0.3 is 0 Å². The molecule has 1 heterocycles. The van der Waals surface area contributed by atoms with Gasteiger partial charge in [-0.2, -0.15) is 0 Å². The summed E-state index contributed by atoms with van der Waals surface area (Å²) in [5.74, 6) is 1.17. The molecule has 3 heteroatoms. The molecule has 17 heavy (non-hydrogen) atoms. The van der Waals surface area contributed by atoms with E-state index >= 15 is 0 Å². The zero-order chi connectivity index (χ0) is 12.3. The summed E-state index contributed by atoms with van der Waals surface area (Å²) in [4.78, 5) is 6.63. The third kappa shape index (κ3) is 2.43. The maximum Gasteiger partial charge on any atom is 0.191 e. The van der Waals surface area contributed by atoms with Crippen LogP contribution in [0.3, 0.4) is 0 Å². The lowest BCUT2D eigenvalue weighted by Crippen LogP contribution is -2.43. The molecule has 2 N–H and O–H groups in total. The van der Waals surface area contributed by atoms with E-state index in [1.54, 1.807) is 0 Å². The summed E-state index contributed by atoms with van der Waals surface area (Å²) in [7, 11) is 0. The molecular formula is C14H21N3. The Morgan fingerprint density at radius 2 is 2.12 bits per heavy atom. The Labute approximate surface area is 103 Å². The molecule has 0 amide bonds. The van der Waals surface area contributed by atoms with Gasteiger partial charge in [-0.1, -0.05) is 44.2 Å². The van der Waals surface area contributed by atoms with E-state index in [9.17, 15) is 0 Å². The van der Waals surface area contributed by atoms with Crippen molar-refractivity contribution in [1.29, 1.82) is 0 Å². The van der Waals surface area contributed by atoms with Crippen LogP contribution in [0.1, 0.15) is 31.7 Å². The minimum Gasteiger partial charge on any atom is -0.370 e. The summed E-state index contributed by atoms with van der Waals surface area (Å²) in [6.45, 7) is 6.26. The molecule has 1 aromatic carbocycles. The van der Waals surface area contributed by atoms with E-state index in [1.165, 1.54) is 5.56 Å². The predicted octanol–water partition coefficient (Wildman–Crippen LogP) is 2.20. The summed E-state index contributed by atoms with van der Waals surface area (Å²) >= 11 is 0. The van der Waals surface area contributed by atoms with Gasteiger partial charge in [0.15, 0.2) is 5.96 Å². The first-order chi connectivity index (χ1) is 8.24. The van der Waals surface area contributed by atoms with Crippen molar-refractivity contribution >= 4 is 5.96 Å². The molecular weight excluding hydrogens is 210 g/mol. The van der Waals surface area contributed by atoms with Gasteiger partial charge < -0.3 is 10.6 Å². The van der Waals surface area contributed by atoms with Crippen molar-refractivity contribution in [3.05, 3.63) is 35.9 Å². The molecule has 0 saturated carbocycles. The maximum absolute atomic E-state index is 5.95. The van der Waals surface area contributed by atoms with Crippen LogP contribution < -0.4 is 5.73 Å². The number of aliphatic imine (C=N–C) groups is 1. The quantitative estimate of drug-likeness (QED) is 0.863. The number of hydrogen-bond acceptors (Lipinski definition) is 3. The highest BCUT2D eigenvalue weighted by Gasteiger charge is 2.30. The van der Waals surface area contributed by atoms with E-state index in [4.69, 9.17) is 5.73 Å². The third-order valence-electron chi connectivity index (χ3n) is 3.50. The number of rotatable bonds is 4. The van der Waals surface area contributed by atoms with Gasteiger partial charge in [0, 0.05) is 12.5 Å². The van der Waals surface area contributed by atoms with Crippen LogP contribution in [0.25, 0.3) is 0 Å². The Morgan fingerprint density at radius 1 is 1.41 bits per heavy atom. The smallest absolute Gasteiger partial charge is 0.191 e. The third-order valence-corrected chi connectivity index (χ3v) is 3.50. The predicted molar refractivity (Wildman–Crippen MR) is 72.1 cm³/mol. The lowest BCUT2D eigenvalue weighted by molar-refractivity contribution is 0.305. The number of nitrogens with zero attached hydrogens (tertiary/aromatic N) is 2. The van der Waals surface area contributed by atoms with Crippen LogP contribution in [-0.2, 0) is 0 Å². The molecule has 2 atom stereocenters. The second-order valence-corrected chi connectivity index (χ2v) is 4.66. The number of hydrogen-bond donors (Lipinski definition) is 1. The van der Waals surface area contributed by atoms with Gasteiger partial charge in [-0.15, -0.1) is 0 Å². The summed E-state index contributed by atoms with van der Waals surface area (Å²) in [6, 6.07) is 11.0. The standard InChI is InChI=1S/C14H21N3/c1-3-9-17-13(10-16-14(17)15)11(2)12-7-5-4-6-8-12/h4-8,11,13H,3,9-10H2,1-2H3,(H2,15,16). The lowest BCUT2D eigenvalue weighted by Gasteiger charge is -2.30. The first-order valence-corrected chi connectivity index (χ1v) is 6.35. The molecule has 0 radical (unpaired) electrons. The van der Waals surface area contributed by atoms with Gasteiger partial charge in [0.1, 0.15) is 0 Å². The van der Waals surface area contributed by atoms with Gasteiger partial charge in [0.2, 0.25) is 0 Å². The van der Waals surface area contributed by atoms with E-state index in [1.807, 2.05) is 0 Å².